The molecule has 4 nitrogen and oxygen atoms in total. The molecule has 0 saturated carbocycles. The zero-order valence-electron chi connectivity index (χ0n) is 14.4. The lowest BCUT2D eigenvalue weighted by Crippen LogP contribution is -2.29. The Morgan fingerprint density at radius 2 is 1.63 bits per heavy atom. The number of hydrogen-bond acceptors (Lipinski definition) is 3. The second-order valence-corrected chi connectivity index (χ2v) is 8.56. The van der Waals surface area contributed by atoms with E-state index < -0.39 is 10.0 Å². The molecule has 3 aromatic rings. The molecule has 0 aromatic heterocycles. The van der Waals surface area contributed by atoms with Crippen LogP contribution in [0.5, 0.6) is 0 Å². The van der Waals surface area contributed by atoms with Gasteiger partial charge in [0.1, 0.15) is 0 Å². The first kappa shape index (κ1) is 17.8. The van der Waals surface area contributed by atoms with Crippen LogP contribution in [0.3, 0.4) is 0 Å². The van der Waals surface area contributed by atoms with Gasteiger partial charge in [-0.15, -0.1) is 0 Å². The van der Waals surface area contributed by atoms with Crippen molar-refractivity contribution in [3.05, 3.63) is 88.9 Å². The second kappa shape index (κ2) is 7.18. The van der Waals surface area contributed by atoms with E-state index in [0.717, 1.165) is 23.2 Å². The van der Waals surface area contributed by atoms with Gasteiger partial charge in [0.25, 0.3) is 10.0 Å². The van der Waals surface area contributed by atoms with E-state index in [2.05, 4.69) is 4.99 Å². The first-order chi connectivity index (χ1) is 13.0. The zero-order valence-corrected chi connectivity index (χ0v) is 16.0. The Labute approximate surface area is 163 Å². The number of sulfonamides is 1. The highest BCUT2D eigenvalue weighted by molar-refractivity contribution is 7.92. The van der Waals surface area contributed by atoms with Gasteiger partial charge in [-0.25, -0.2) is 8.42 Å². The van der Waals surface area contributed by atoms with Gasteiger partial charge in [-0.3, -0.25) is 9.30 Å². The van der Waals surface area contributed by atoms with E-state index >= 15 is 0 Å². The largest absolute Gasteiger partial charge is 0.266 e. The number of halogens is 1. The average Bonchev–Trinajstić information content (AvgIpc) is 3.13. The molecule has 4 rings (SSSR count). The summed E-state index contributed by atoms with van der Waals surface area (Å²) in [5.74, 6) is 0. The molecule has 1 aliphatic heterocycles. The van der Waals surface area contributed by atoms with Crippen molar-refractivity contribution < 1.29 is 8.42 Å². The fourth-order valence-electron chi connectivity index (χ4n) is 3.09. The molecule has 1 heterocycles. The van der Waals surface area contributed by atoms with Crippen molar-refractivity contribution in [2.75, 3.05) is 10.8 Å². The Morgan fingerprint density at radius 1 is 0.926 bits per heavy atom. The van der Waals surface area contributed by atoms with Crippen molar-refractivity contribution in [1.82, 2.24) is 0 Å². The smallest absolute Gasteiger partial charge is 0.264 e. The molecule has 3 aromatic carbocycles. The number of nitrogens with zero attached hydrogens (tertiary/aromatic N) is 2. The molecule has 0 aliphatic carbocycles. The Kier molecular flexibility index (Phi) is 4.72. The van der Waals surface area contributed by atoms with Crippen molar-refractivity contribution in [2.45, 2.75) is 11.3 Å². The highest BCUT2D eigenvalue weighted by Gasteiger charge is 2.30. The maximum Gasteiger partial charge on any atom is 0.264 e. The van der Waals surface area contributed by atoms with E-state index in [4.69, 9.17) is 11.6 Å². The number of fused-ring (bicyclic) bond motifs is 1. The Morgan fingerprint density at radius 3 is 2.37 bits per heavy atom. The van der Waals surface area contributed by atoms with E-state index in [0.29, 0.717) is 17.3 Å². The van der Waals surface area contributed by atoms with Gasteiger partial charge in [-0.05, 0) is 60.0 Å². The van der Waals surface area contributed by atoms with Gasteiger partial charge in [-0.1, -0.05) is 41.9 Å². The summed E-state index contributed by atoms with van der Waals surface area (Å²) in [5, 5.41) is 0.671. The van der Waals surface area contributed by atoms with Crippen LogP contribution in [0.15, 0.2) is 82.7 Å². The number of anilines is 1. The fourth-order valence-corrected chi connectivity index (χ4v) is 4.72. The molecule has 0 amide bonds. The molecule has 0 spiro atoms. The summed E-state index contributed by atoms with van der Waals surface area (Å²) in [5.41, 5.74) is 3.43. The first-order valence-corrected chi connectivity index (χ1v) is 10.4. The molecule has 0 fully saturated rings. The minimum Gasteiger partial charge on any atom is -0.266 e. The molecule has 6 heteroatoms. The van der Waals surface area contributed by atoms with Crippen LogP contribution >= 0.6 is 11.6 Å². The lowest BCUT2D eigenvalue weighted by Gasteiger charge is -2.19. The summed E-state index contributed by atoms with van der Waals surface area (Å²) in [6, 6.07) is 21.6. The van der Waals surface area contributed by atoms with Crippen molar-refractivity contribution in [3.63, 3.8) is 0 Å². The van der Waals surface area contributed by atoms with E-state index in [1.807, 2.05) is 36.4 Å². The van der Waals surface area contributed by atoms with Crippen LogP contribution in [-0.4, -0.2) is 21.2 Å². The quantitative estimate of drug-likeness (QED) is 0.592. The van der Waals surface area contributed by atoms with Gasteiger partial charge in [-0.2, -0.15) is 0 Å². The monoisotopic (exact) mass is 396 g/mol. The number of hydrogen-bond donors (Lipinski definition) is 0. The van der Waals surface area contributed by atoms with Crippen LogP contribution in [-0.2, 0) is 16.4 Å². The predicted molar refractivity (Wildman–Crippen MR) is 110 cm³/mol. The third-order valence-corrected chi connectivity index (χ3v) is 6.58. The Balaban J connectivity index is 1.56. The Bertz CT molecular complexity index is 1090. The van der Waals surface area contributed by atoms with Crippen LogP contribution in [0.25, 0.3) is 0 Å². The van der Waals surface area contributed by atoms with Gasteiger partial charge < -0.3 is 0 Å². The molecule has 0 radical (unpaired) electrons. The van der Waals surface area contributed by atoms with E-state index in [1.165, 1.54) is 4.31 Å². The fraction of sp³-hybridized carbons (Fsp3) is 0.0952. The molecule has 1 aliphatic rings. The van der Waals surface area contributed by atoms with Crippen molar-refractivity contribution in [3.8, 4) is 0 Å². The van der Waals surface area contributed by atoms with Crippen LogP contribution in [0.2, 0.25) is 5.02 Å². The van der Waals surface area contributed by atoms with Gasteiger partial charge in [0, 0.05) is 17.8 Å². The summed E-state index contributed by atoms with van der Waals surface area (Å²) >= 11 is 5.87. The first-order valence-electron chi connectivity index (χ1n) is 8.54. The molecular weight excluding hydrogens is 380 g/mol. The zero-order chi connectivity index (χ0) is 18.9. The topological polar surface area (TPSA) is 49.7 Å². The van der Waals surface area contributed by atoms with Crippen LogP contribution < -0.4 is 4.31 Å². The highest BCUT2D eigenvalue weighted by Crippen LogP contribution is 2.33. The average molecular weight is 397 g/mol. The maximum absolute atomic E-state index is 13.0. The summed E-state index contributed by atoms with van der Waals surface area (Å²) < 4.78 is 27.5. The molecule has 0 saturated heterocycles. The van der Waals surface area contributed by atoms with Crippen molar-refractivity contribution in [1.29, 1.82) is 0 Å². The SMILES string of the molecule is O=S(=O)(c1ccc(N=Cc2ccc(Cl)cc2)cc1)N1CCc2ccccc21. The van der Waals surface area contributed by atoms with Crippen LogP contribution in [0.1, 0.15) is 11.1 Å². The normalized spacial score (nSPS) is 13.9. The summed E-state index contributed by atoms with van der Waals surface area (Å²) in [6.07, 6.45) is 2.45. The molecule has 0 bridgehead atoms. The van der Waals surface area contributed by atoms with E-state index in [9.17, 15) is 8.42 Å². The van der Waals surface area contributed by atoms with Gasteiger partial charge in [0.2, 0.25) is 0 Å². The lowest BCUT2D eigenvalue weighted by molar-refractivity contribution is 0.592. The maximum atomic E-state index is 13.0. The minimum absolute atomic E-state index is 0.268. The molecular formula is C21H17ClN2O2S. The number of benzene rings is 3. The van der Waals surface area contributed by atoms with Crippen molar-refractivity contribution in [2.24, 2.45) is 4.99 Å². The highest BCUT2D eigenvalue weighted by atomic mass is 35.5. The third kappa shape index (κ3) is 3.61. The number of aliphatic imine (C=N–C) groups is 1. The molecule has 0 atom stereocenters. The third-order valence-electron chi connectivity index (χ3n) is 4.50. The molecule has 0 N–H and O–H groups in total. The van der Waals surface area contributed by atoms with Crippen molar-refractivity contribution >= 4 is 39.2 Å². The summed E-state index contributed by atoms with van der Waals surface area (Å²) in [6.45, 7) is 0.470. The predicted octanol–water partition coefficient (Wildman–Crippen LogP) is 4.84. The number of para-hydroxylation sites is 1. The molecule has 136 valence electrons. The van der Waals surface area contributed by atoms with Crippen LogP contribution in [0.4, 0.5) is 11.4 Å². The second-order valence-electron chi connectivity index (χ2n) is 6.26. The van der Waals surface area contributed by atoms with E-state index in [1.54, 1.807) is 42.6 Å². The molecule has 0 unspecified atom stereocenters. The minimum atomic E-state index is -3.57. The van der Waals surface area contributed by atoms with Gasteiger partial charge in [0.15, 0.2) is 0 Å². The lowest BCUT2D eigenvalue weighted by atomic mass is 10.2. The Hall–Kier alpha value is -2.63. The van der Waals surface area contributed by atoms with Gasteiger partial charge >= 0.3 is 0 Å². The van der Waals surface area contributed by atoms with Gasteiger partial charge in [0.05, 0.1) is 16.3 Å². The van der Waals surface area contributed by atoms with Crippen LogP contribution in [0, 0.1) is 0 Å². The standard InChI is InChI=1S/C21H17ClN2O2S/c22-18-7-5-16(6-8-18)15-23-19-9-11-20(12-10-19)27(25,26)24-14-13-17-3-1-2-4-21(17)24/h1-12,15H,13-14H2. The summed E-state index contributed by atoms with van der Waals surface area (Å²) in [7, 11) is -3.57. The molecule has 27 heavy (non-hydrogen) atoms. The number of rotatable bonds is 4. The van der Waals surface area contributed by atoms with E-state index in [-0.39, 0.29) is 4.90 Å². The summed E-state index contributed by atoms with van der Waals surface area (Å²) in [4.78, 5) is 4.65.